The first-order valence-corrected chi connectivity index (χ1v) is 13.1. The van der Waals surface area contributed by atoms with Crippen LogP contribution in [0.1, 0.15) is 37.9 Å². The number of hydrogen-bond acceptors (Lipinski definition) is 5. The lowest BCUT2D eigenvalue weighted by atomic mass is 9.97. The van der Waals surface area contributed by atoms with Crippen molar-refractivity contribution < 1.29 is 9.53 Å². The Morgan fingerprint density at radius 1 is 1.11 bits per heavy atom. The van der Waals surface area contributed by atoms with Crippen LogP contribution in [-0.4, -0.2) is 33.0 Å². The van der Waals surface area contributed by atoms with E-state index in [1.807, 2.05) is 47.0 Å². The van der Waals surface area contributed by atoms with Crippen LogP contribution < -0.4 is 10.1 Å². The van der Waals surface area contributed by atoms with E-state index in [2.05, 4.69) is 40.3 Å². The van der Waals surface area contributed by atoms with Crippen molar-refractivity contribution in [3.8, 4) is 16.9 Å². The van der Waals surface area contributed by atoms with E-state index in [9.17, 15) is 4.79 Å². The van der Waals surface area contributed by atoms with E-state index in [-0.39, 0.29) is 12.5 Å². The number of ether oxygens (including phenoxy) is 1. The summed E-state index contributed by atoms with van der Waals surface area (Å²) in [6.45, 7) is 5.36. The molecular weight excluding hydrogens is 456 g/mol. The number of nitrogens with zero attached hydrogens (tertiary/aromatic N) is 3. The van der Waals surface area contributed by atoms with E-state index in [0.29, 0.717) is 29.8 Å². The molecule has 0 saturated carbocycles. The monoisotopic (exact) mass is 488 g/mol. The predicted molar refractivity (Wildman–Crippen MR) is 141 cm³/mol. The highest BCUT2D eigenvalue weighted by molar-refractivity contribution is 7.99. The molecule has 35 heavy (non-hydrogen) atoms. The highest BCUT2D eigenvalue weighted by Gasteiger charge is 2.15. The molecular formula is C28H32N4O2S. The molecule has 0 fully saturated rings. The van der Waals surface area contributed by atoms with Gasteiger partial charge in [0.15, 0.2) is 11.0 Å². The van der Waals surface area contributed by atoms with Crippen LogP contribution in [0.5, 0.6) is 5.75 Å². The summed E-state index contributed by atoms with van der Waals surface area (Å²) < 4.78 is 8.11. The smallest absolute Gasteiger partial charge is 0.230 e. The first kappa shape index (κ1) is 24.8. The Morgan fingerprint density at radius 2 is 1.94 bits per heavy atom. The van der Waals surface area contributed by atoms with Crippen molar-refractivity contribution in [1.29, 1.82) is 0 Å². The molecule has 0 bridgehead atoms. The quantitative estimate of drug-likeness (QED) is 0.257. The van der Waals surface area contributed by atoms with Crippen LogP contribution in [0.2, 0.25) is 0 Å². The summed E-state index contributed by atoms with van der Waals surface area (Å²) in [5.41, 5.74) is 3.59. The van der Waals surface area contributed by atoms with Gasteiger partial charge in [0.25, 0.3) is 0 Å². The Labute approximate surface area is 211 Å². The first-order valence-electron chi connectivity index (χ1n) is 12.1. The molecule has 1 heterocycles. The summed E-state index contributed by atoms with van der Waals surface area (Å²) in [4.78, 5) is 12.4. The number of aromatic nitrogens is 3. The van der Waals surface area contributed by atoms with Gasteiger partial charge in [-0.1, -0.05) is 78.0 Å². The molecule has 0 unspecified atom stereocenters. The number of nitrogens with one attached hydrogen (secondary N) is 1. The highest BCUT2D eigenvalue weighted by Crippen LogP contribution is 2.30. The maximum Gasteiger partial charge on any atom is 0.230 e. The Kier molecular flexibility index (Phi) is 9.17. The maximum absolute atomic E-state index is 12.4. The van der Waals surface area contributed by atoms with Crippen molar-refractivity contribution in [2.75, 3.05) is 12.3 Å². The van der Waals surface area contributed by atoms with Gasteiger partial charge in [0, 0.05) is 18.7 Å². The second kappa shape index (κ2) is 13.0. The molecule has 182 valence electrons. The van der Waals surface area contributed by atoms with Gasteiger partial charge in [-0.25, -0.2) is 0 Å². The van der Waals surface area contributed by atoms with Gasteiger partial charge in [-0.05, 0) is 43.7 Å². The molecule has 0 radical (unpaired) electrons. The average molecular weight is 489 g/mol. The van der Waals surface area contributed by atoms with Crippen LogP contribution in [0.15, 0.2) is 84.1 Å². The summed E-state index contributed by atoms with van der Waals surface area (Å²) in [5.74, 6) is 1.79. The fourth-order valence-electron chi connectivity index (χ4n) is 4.11. The normalized spacial score (nSPS) is 13.2. The third kappa shape index (κ3) is 7.09. The van der Waals surface area contributed by atoms with Crippen LogP contribution in [0.25, 0.3) is 11.1 Å². The van der Waals surface area contributed by atoms with Gasteiger partial charge in [0.2, 0.25) is 5.91 Å². The Hall–Kier alpha value is -3.32. The minimum absolute atomic E-state index is 0.00847. The second-order valence-electron chi connectivity index (χ2n) is 8.45. The van der Waals surface area contributed by atoms with Crippen molar-refractivity contribution in [2.24, 2.45) is 0 Å². The number of amides is 1. The zero-order chi connectivity index (χ0) is 24.3. The molecule has 3 aromatic rings. The molecule has 6 nitrogen and oxygen atoms in total. The molecule has 0 aliphatic heterocycles. The van der Waals surface area contributed by atoms with E-state index >= 15 is 0 Å². The third-order valence-electron chi connectivity index (χ3n) is 5.92. The van der Waals surface area contributed by atoms with E-state index < -0.39 is 0 Å². The summed E-state index contributed by atoms with van der Waals surface area (Å²) in [6, 6.07) is 18.1. The van der Waals surface area contributed by atoms with E-state index in [0.717, 1.165) is 29.7 Å². The number of benzene rings is 2. The Morgan fingerprint density at radius 3 is 2.74 bits per heavy atom. The predicted octanol–water partition coefficient (Wildman–Crippen LogP) is 5.81. The summed E-state index contributed by atoms with van der Waals surface area (Å²) in [5, 5.41) is 12.4. The minimum atomic E-state index is 0.00847. The van der Waals surface area contributed by atoms with Gasteiger partial charge in [0.1, 0.15) is 12.4 Å². The zero-order valence-corrected chi connectivity index (χ0v) is 20.8. The molecule has 0 spiro atoms. The lowest BCUT2D eigenvalue weighted by Gasteiger charge is -2.13. The van der Waals surface area contributed by atoms with Crippen LogP contribution >= 0.6 is 11.8 Å². The third-order valence-corrected chi connectivity index (χ3v) is 6.89. The molecule has 1 amide bonds. The van der Waals surface area contributed by atoms with Gasteiger partial charge in [-0.2, -0.15) is 0 Å². The first-order chi connectivity index (χ1) is 17.2. The number of hydrogen-bond donors (Lipinski definition) is 1. The number of carbonyl (C=O) groups excluding carboxylic acids is 1. The van der Waals surface area contributed by atoms with Gasteiger partial charge >= 0.3 is 0 Å². The second-order valence-corrected chi connectivity index (χ2v) is 9.39. The minimum Gasteiger partial charge on any atom is -0.485 e. The van der Waals surface area contributed by atoms with Gasteiger partial charge in [-0.15, -0.1) is 16.8 Å². The Balaban J connectivity index is 1.34. The standard InChI is InChI=1S/C28H32N4O2S/c1-2-19-32-26(20-34-25-16-10-9-15-24(25)23-13-7-4-8-14-23)30-31-28(32)35-21-27(33)29-18-17-22-11-5-3-6-12-22/h2,4,7-11,13-16H,1,3,5-6,12,17-21H2,(H,29,33). The summed E-state index contributed by atoms with van der Waals surface area (Å²) in [7, 11) is 0. The molecule has 7 heteroatoms. The molecule has 1 N–H and O–H groups in total. The largest absolute Gasteiger partial charge is 0.485 e. The topological polar surface area (TPSA) is 69.0 Å². The SMILES string of the molecule is C=CCn1c(COc2ccccc2-c2ccccc2)nnc1SCC(=O)NCCC1=CCCCC1. The highest BCUT2D eigenvalue weighted by atomic mass is 32.2. The number of carbonyl (C=O) groups is 1. The van der Waals surface area contributed by atoms with Gasteiger partial charge in [-0.3, -0.25) is 9.36 Å². The number of thioether (sulfide) groups is 1. The zero-order valence-electron chi connectivity index (χ0n) is 20.0. The van der Waals surface area contributed by atoms with Crippen LogP contribution in [0.4, 0.5) is 0 Å². The van der Waals surface area contributed by atoms with Crippen LogP contribution in [0.3, 0.4) is 0 Å². The molecule has 2 aromatic carbocycles. The van der Waals surface area contributed by atoms with Gasteiger partial charge < -0.3 is 10.1 Å². The maximum atomic E-state index is 12.4. The van der Waals surface area contributed by atoms with Gasteiger partial charge in [0.05, 0.1) is 5.75 Å². The molecule has 4 rings (SSSR count). The molecule has 1 aromatic heterocycles. The average Bonchev–Trinajstić information content (AvgIpc) is 3.29. The molecule has 1 aliphatic rings. The van der Waals surface area contributed by atoms with Crippen LogP contribution in [-0.2, 0) is 17.9 Å². The lowest BCUT2D eigenvalue weighted by molar-refractivity contribution is -0.118. The van der Waals surface area contributed by atoms with Crippen molar-refractivity contribution >= 4 is 17.7 Å². The van der Waals surface area contributed by atoms with Crippen molar-refractivity contribution in [2.45, 2.75) is 50.4 Å². The number of allylic oxidation sites excluding steroid dienone is 2. The van der Waals surface area contributed by atoms with Crippen molar-refractivity contribution in [3.05, 3.63) is 84.7 Å². The summed E-state index contributed by atoms with van der Waals surface area (Å²) >= 11 is 1.38. The fourth-order valence-corrected chi connectivity index (χ4v) is 4.91. The molecule has 1 aliphatic carbocycles. The lowest BCUT2D eigenvalue weighted by Crippen LogP contribution is -2.26. The molecule has 0 saturated heterocycles. The fraction of sp³-hybridized carbons (Fsp3) is 0.321. The number of para-hydroxylation sites is 1. The number of rotatable bonds is 12. The summed E-state index contributed by atoms with van der Waals surface area (Å²) in [6.07, 6.45) is 9.94. The van der Waals surface area contributed by atoms with E-state index in [1.54, 1.807) is 6.08 Å². The Bertz CT molecular complexity index is 1160. The molecule has 0 atom stereocenters. The van der Waals surface area contributed by atoms with E-state index in [1.165, 1.54) is 36.6 Å². The van der Waals surface area contributed by atoms with Crippen molar-refractivity contribution in [3.63, 3.8) is 0 Å². The van der Waals surface area contributed by atoms with E-state index in [4.69, 9.17) is 4.74 Å². The van der Waals surface area contributed by atoms with Crippen molar-refractivity contribution in [1.82, 2.24) is 20.1 Å². The van der Waals surface area contributed by atoms with Crippen LogP contribution in [0, 0.1) is 0 Å².